The minimum Gasteiger partial charge on any atom is -0.494 e. The Morgan fingerprint density at radius 2 is 1.52 bits per heavy atom. The first-order valence-corrected chi connectivity index (χ1v) is 7.84. The molecule has 3 aromatic rings. The molecule has 0 saturated heterocycles. The van der Waals surface area contributed by atoms with Gasteiger partial charge in [0.15, 0.2) is 5.82 Å². The van der Waals surface area contributed by atoms with E-state index in [-0.39, 0.29) is 17.3 Å². The molecular weight excluding hydrogens is 323 g/mol. The molecule has 0 aliphatic rings. The average Bonchev–Trinajstić information content (AvgIpc) is 3.03. The van der Waals surface area contributed by atoms with Crippen LogP contribution in [0.5, 0.6) is 11.5 Å². The largest absolute Gasteiger partial charge is 0.494 e. The standard InChI is InChI=1S/C16H15FN4O2.C2H6/c1-22-12-8-5-9-13(23-2)14(12)21-15(19-20-16(21)18)10-6-3-4-7-11(10)17;1-2/h3-9H,1-2H3,(H2,18,20);1-2H3. The summed E-state index contributed by atoms with van der Waals surface area (Å²) in [5.74, 6) is 0.964. The Morgan fingerprint density at radius 3 is 2.08 bits per heavy atom. The maximum atomic E-state index is 14.2. The molecule has 0 unspecified atom stereocenters. The molecule has 0 aliphatic carbocycles. The number of hydrogen-bond acceptors (Lipinski definition) is 5. The van der Waals surface area contributed by atoms with Gasteiger partial charge >= 0.3 is 0 Å². The summed E-state index contributed by atoms with van der Waals surface area (Å²) in [6.07, 6.45) is 0. The second-order valence-corrected chi connectivity index (χ2v) is 4.71. The van der Waals surface area contributed by atoms with Crippen LogP contribution in [0.3, 0.4) is 0 Å². The van der Waals surface area contributed by atoms with Crippen molar-refractivity contribution in [3.05, 3.63) is 48.3 Å². The number of ether oxygens (including phenoxy) is 2. The number of hydrogen-bond donors (Lipinski definition) is 1. The lowest BCUT2D eigenvalue weighted by atomic mass is 10.2. The van der Waals surface area contributed by atoms with Crippen LogP contribution in [0.15, 0.2) is 42.5 Å². The monoisotopic (exact) mass is 344 g/mol. The van der Waals surface area contributed by atoms with E-state index in [1.54, 1.807) is 36.4 Å². The highest BCUT2D eigenvalue weighted by Gasteiger charge is 2.22. The van der Waals surface area contributed by atoms with Crippen molar-refractivity contribution in [3.8, 4) is 28.6 Å². The van der Waals surface area contributed by atoms with Crippen LogP contribution in [0.4, 0.5) is 10.3 Å². The molecule has 0 saturated carbocycles. The average molecular weight is 344 g/mol. The Labute approximate surface area is 146 Å². The van der Waals surface area contributed by atoms with Crippen LogP contribution in [0.2, 0.25) is 0 Å². The van der Waals surface area contributed by atoms with Crippen molar-refractivity contribution in [3.63, 3.8) is 0 Å². The Hall–Kier alpha value is -3.09. The number of aromatic nitrogens is 3. The molecule has 1 heterocycles. The molecular formula is C18H21FN4O2. The van der Waals surface area contributed by atoms with Crippen LogP contribution in [0.25, 0.3) is 17.1 Å². The van der Waals surface area contributed by atoms with Gasteiger partial charge in [-0.05, 0) is 24.3 Å². The van der Waals surface area contributed by atoms with Gasteiger partial charge in [-0.1, -0.05) is 32.0 Å². The van der Waals surface area contributed by atoms with Gasteiger partial charge in [0.1, 0.15) is 23.0 Å². The van der Waals surface area contributed by atoms with Gasteiger partial charge in [0.2, 0.25) is 5.95 Å². The molecule has 6 nitrogen and oxygen atoms in total. The van der Waals surface area contributed by atoms with E-state index in [4.69, 9.17) is 15.2 Å². The fourth-order valence-electron chi connectivity index (χ4n) is 2.39. The Morgan fingerprint density at radius 1 is 0.920 bits per heavy atom. The normalized spacial score (nSPS) is 9.96. The number of nitrogens with two attached hydrogens (primary N) is 1. The summed E-state index contributed by atoms with van der Waals surface area (Å²) in [4.78, 5) is 0. The number of rotatable bonds is 4. The van der Waals surface area contributed by atoms with Crippen molar-refractivity contribution in [1.82, 2.24) is 14.8 Å². The number of halogens is 1. The minimum atomic E-state index is -0.421. The van der Waals surface area contributed by atoms with E-state index in [1.165, 1.54) is 24.9 Å². The molecule has 7 heteroatoms. The molecule has 3 rings (SSSR count). The fourth-order valence-corrected chi connectivity index (χ4v) is 2.39. The zero-order valence-electron chi connectivity index (χ0n) is 14.7. The maximum Gasteiger partial charge on any atom is 0.227 e. The quantitative estimate of drug-likeness (QED) is 0.781. The lowest BCUT2D eigenvalue weighted by Crippen LogP contribution is -2.07. The fraction of sp³-hybridized carbons (Fsp3) is 0.222. The van der Waals surface area contributed by atoms with Crippen molar-refractivity contribution >= 4 is 5.95 Å². The summed E-state index contributed by atoms with van der Waals surface area (Å²) in [5.41, 5.74) is 6.76. The molecule has 0 fully saturated rings. The number of nitrogens with zero attached hydrogens (tertiary/aromatic N) is 3. The molecule has 2 N–H and O–H groups in total. The van der Waals surface area contributed by atoms with Gasteiger partial charge in [-0.15, -0.1) is 10.2 Å². The molecule has 0 atom stereocenters. The summed E-state index contributed by atoms with van der Waals surface area (Å²) < 4.78 is 26.4. The predicted octanol–water partition coefficient (Wildman–Crippen LogP) is 3.70. The first-order chi connectivity index (χ1) is 12.2. The Kier molecular flexibility index (Phi) is 5.94. The number of para-hydroxylation sites is 1. The first kappa shape index (κ1) is 18.3. The third kappa shape index (κ3) is 3.40. The summed E-state index contributed by atoms with van der Waals surface area (Å²) in [7, 11) is 3.06. The summed E-state index contributed by atoms with van der Waals surface area (Å²) >= 11 is 0. The molecule has 2 aromatic carbocycles. The molecule has 0 radical (unpaired) electrons. The lowest BCUT2D eigenvalue weighted by molar-refractivity contribution is 0.391. The van der Waals surface area contributed by atoms with Gasteiger partial charge in [0, 0.05) is 0 Å². The van der Waals surface area contributed by atoms with Crippen molar-refractivity contribution < 1.29 is 13.9 Å². The summed E-state index contributed by atoms with van der Waals surface area (Å²) in [5, 5.41) is 7.89. The first-order valence-electron chi connectivity index (χ1n) is 7.84. The van der Waals surface area contributed by atoms with E-state index < -0.39 is 5.82 Å². The molecule has 0 spiro atoms. The highest BCUT2D eigenvalue weighted by molar-refractivity contribution is 5.67. The van der Waals surface area contributed by atoms with Crippen LogP contribution in [0, 0.1) is 5.82 Å². The lowest BCUT2D eigenvalue weighted by Gasteiger charge is -2.16. The number of methoxy groups -OCH3 is 2. The zero-order chi connectivity index (χ0) is 18.4. The number of benzene rings is 2. The van der Waals surface area contributed by atoms with E-state index >= 15 is 0 Å². The molecule has 0 amide bonds. The highest BCUT2D eigenvalue weighted by Crippen LogP contribution is 2.37. The Bertz CT molecular complexity index is 827. The zero-order valence-corrected chi connectivity index (χ0v) is 14.7. The molecule has 1 aromatic heterocycles. The third-order valence-corrected chi connectivity index (χ3v) is 3.43. The van der Waals surface area contributed by atoms with Gasteiger partial charge in [-0.2, -0.15) is 0 Å². The van der Waals surface area contributed by atoms with Gasteiger partial charge in [0.05, 0.1) is 19.8 Å². The van der Waals surface area contributed by atoms with Gasteiger partial charge < -0.3 is 15.2 Å². The van der Waals surface area contributed by atoms with Crippen molar-refractivity contribution in [2.45, 2.75) is 13.8 Å². The van der Waals surface area contributed by atoms with Crippen LogP contribution in [-0.4, -0.2) is 29.0 Å². The number of anilines is 1. The van der Waals surface area contributed by atoms with E-state index in [9.17, 15) is 4.39 Å². The van der Waals surface area contributed by atoms with E-state index in [1.807, 2.05) is 13.8 Å². The summed E-state index contributed by atoms with van der Waals surface area (Å²) in [6, 6.07) is 11.6. The predicted molar refractivity (Wildman–Crippen MR) is 95.6 cm³/mol. The third-order valence-electron chi connectivity index (χ3n) is 3.43. The van der Waals surface area contributed by atoms with E-state index in [0.29, 0.717) is 17.2 Å². The van der Waals surface area contributed by atoms with Crippen molar-refractivity contribution in [2.75, 3.05) is 20.0 Å². The molecule has 0 aliphatic heterocycles. The highest BCUT2D eigenvalue weighted by atomic mass is 19.1. The van der Waals surface area contributed by atoms with Gasteiger partial charge in [-0.3, -0.25) is 4.57 Å². The van der Waals surface area contributed by atoms with E-state index in [0.717, 1.165) is 0 Å². The van der Waals surface area contributed by atoms with E-state index in [2.05, 4.69) is 10.2 Å². The molecule has 25 heavy (non-hydrogen) atoms. The van der Waals surface area contributed by atoms with Crippen molar-refractivity contribution in [1.29, 1.82) is 0 Å². The SMILES string of the molecule is CC.COc1cccc(OC)c1-n1c(N)nnc1-c1ccccc1F. The Balaban J connectivity index is 0.00000109. The smallest absolute Gasteiger partial charge is 0.227 e. The van der Waals surface area contributed by atoms with Crippen LogP contribution >= 0.6 is 0 Å². The summed E-state index contributed by atoms with van der Waals surface area (Å²) in [6.45, 7) is 4.00. The van der Waals surface area contributed by atoms with Crippen LogP contribution in [-0.2, 0) is 0 Å². The van der Waals surface area contributed by atoms with Crippen LogP contribution in [0.1, 0.15) is 13.8 Å². The molecule has 132 valence electrons. The second kappa shape index (κ2) is 8.14. The second-order valence-electron chi connectivity index (χ2n) is 4.71. The number of nitrogen functional groups attached to an aromatic ring is 1. The maximum absolute atomic E-state index is 14.2. The van der Waals surface area contributed by atoms with Crippen molar-refractivity contribution in [2.24, 2.45) is 0 Å². The van der Waals surface area contributed by atoms with Gasteiger partial charge in [-0.25, -0.2) is 4.39 Å². The van der Waals surface area contributed by atoms with Crippen LogP contribution < -0.4 is 15.2 Å². The topological polar surface area (TPSA) is 75.2 Å². The van der Waals surface area contributed by atoms with Gasteiger partial charge in [0.25, 0.3) is 0 Å². The minimum absolute atomic E-state index is 0.103. The molecule has 0 bridgehead atoms.